The second-order valence-electron chi connectivity index (χ2n) is 2.25. The average Bonchev–Trinajstić information content (AvgIpc) is 1.93. The largest absolute Gasteiger partial charge is 0.504 e. The van der Waals surface area contributed by atoms with Crippen molar-refractivity contribution in [3.05, 3.63) is 18.0 Å². The Balaban J connectivity index is 3.34. The minimum Gasteiger partial charge on any atom is -0.504 e. The first-order valence-electron chi connectivity index (χ1n) is 3.00. The van der Waals surface area contributed by atoms with Crippen LogP contribution in [0.4, 0.5) is 0 Å². The number of aromatic hydroxyl groups is 2. The minimum absolute atomic E-state index is 0.0509. The van der Waals surface area contributed by atoms with Gasteiger partial charge in [0.05, 0.1) is 0 Å². The maximum absolute atomic E-state index is 9.12. The summed E-state index contributed by atoms with van der Waals surface area (Å²) in [4.78, 5) is 0. The van der Waals surface area contributed by atoms with E-state index in [0.717, 1.165) is 0 Å². The molecule has 0 saturated heterocycles. The SMILES string of the molecule is Cc1c(O)c(O)cc[n+]1C. The molecule has 0 saturated carbocycles. The second-order valence-corrected chi connectivity index (χ2v) is 2.25. The Kier molecular flexibility index (Phi) is 1.49. The van der Waals surface area contributed by atoms with Crippen molar-refractivity contribution in [2.75, 3.05) is 0 Å². The first-order chi connectivity index (χ1) is 4.63. The number of rotatable bonds is 0. The van der Waals surface area contributed by atoms with Crippen molar-refractivity contribution in [2.45, 2.75) is 6.92 Å². The summed E-state index contributed by atoms with van der Waals surface area (Å²) in [6, 6.07) is 1.45. The summed E-state index contributed by atoms with van der Waals surface area (Å²) in [5, 5.41) is 18.1. The number of hydrogen-bond donors (Lipinski definition) is 2. The molecule has 1 aromatic heterocycles. The van der Waals surface area contributed by atoms with Crippen LogP contribution in [0.3, 0.4) is 0 Å². The van der Waals surface area contributed by atoms with Gasteiger partial charge in [-0.05, 0) is 0 Å². The number of aromatic nitrogens is 1. The van der Waals surface area contributed by atoms with Gasteiger partial charge in [0.1, 0.15) is 7.05 Å². The number of nitrogens with zero attached hydrogens (tertiary/aromatic N) is 1. The predicted molar refractivity (Wildman–Crippen MR) is 35.7 cm³/mol. The molecule has 3 heteroatoms. The molecule has 0 aliphatic rings. The van der Waals surface area contributed by atoms with Gasteiger partial charge in [0.25, 0.3) is 0 Å². The van der Waals surface area contributed by atoms with Gasteiger partial charge in [-0.1, -0.05) is 0 Å². The van der Waals surface area contributed by atoms with E-state index in [9.17, 15) is 0 Å². The number of aryl methyl sites for hydroxylation is 1. The van der Waals surface area contributed by atoms with Gasteiger partial charge in [0.15, 0.2) is 11.9 Å². The van der Waals surface area contributed by atoms with Crippen LogP contribution in [0.2, 0.25) is 0 Å². The first kappa shape index (κ1) is 6.86. The van der Waals surface area contributed by atoms with E-state index in [0.29, 0.717) is 5.69 Å². The zero-order chi connectivity index (χ0) is 7.72. The van der Waals surface area contributed by atoms with E-state index in [1.54, 1.807) is 24.7 Å². The Morgan fingerprint density at radius 2 is 2.00 bits per heavy atom. The van der Waals surface area contributed by atoms with Crippen molar-refractivity contribution in [1.82, 2.24) is 0 Å². The number of pyridine rings is 1. The Morgan fingerprint density at radius 1 is 1.40 bits per heavy atom. The normalized spacial score (nSPS) is 9.80. The van der Waals surface area contributed by atoms with Crippen LogP contribution < -0.4 is 4.57 Å². The molecule has 0 bridgehead atoms. The van der Waals surface area contributed by atoms with E-state index in [2.05, 4.69) is 0 Å². The van der Waals surface area contributed by atoms with Crippen molar-refractivity contribution in [2.24, 2.45) is 7.05 Å². The monoisotopic (exact) mass is 140 g/mol. The lowest BCUT2D eigenvalue weighted by atomic mass is 10.3. The highest BCUT2D eigenvalue weighted by Crippen LogP contribution is 2.23. The minimum atomic E-state index is -0.0735. The molecule has 0 radical (unpaired) electrons. The van der Waals surface area contributed by atoms with Crippen LogP contribution in [0.1, 0.15) is 5.69 Å². The highest BCUT2D eigenvalue weighted by atomic mass is 16.3. The second kappa shape index (κ2) is 2.17. The molecule has 0 aliphatic carbocycles. The van der Waals surface area contributed by atoms with E-state index in [-0.39, 0.29) is 11.5 Å². The third kappa shape index (κ3) is 0.900. The topological polar surface area (TPSA) is 44.3 Å². The quantitative estimate of drug-likeness (QED) is 0.507. The number of hydrogen-bond acceptors (Lipinski definition) is 2. The molecule has 3 nitrogen and oxygen atoms in total. The van der Waals surface area contributed by atoms with Crippen LogP contribution in [0.15, 0.2) is 12.3 Å². The van der Waals surface area contributed by atoms with Crippen molar-refractivity contribution < 1.29 is 14.8 Å². The van der Waals surface area contributed by atoms with Crippen molar-refractivity contribution in [1.29, 1.82) is 0 Å². The van der Waals surface area contributed by atoms with Gasteiger partial charge in [-0.25, -0.2) is 4.57 Å². The van der Waals surface area contributed by atoms with Gasteiger partial charge in [-0.3, -0.25) is 0 Å². The fraction of sp³-hybridized carbons (Fsp3) is 0.286. The van der Waals surface area contributed by atoms with Gasteiger partial charge in [-0.2, -0.15) is 0 Å². The molecule has 0 aliphatic heterocycles. The summed E-state index contributed by atoms with van der Waals surface area (Å²) in [5.41, 5.74) is 0.653. The van der Waals surface area contributed by atoms with Crippen LogP contribution in [0.5, 0.6) is 11.5 Å². The molecule has 1 aromatic rings. The molecule has 0 atom stereocenters. The average molecular weight is 140 g/mol. The zero-order valence-corrected chi connectivity index (χ0v) is 6.00. The van der Waals surface area contributed by atoms with Crippen molar-refractivity contribution in [3.63, 3.8) is 0 Å². The predicted octanol–water partition coefficient (Wildman–Crippen LogP) is 0.231. The van der Waals surface area contributed by atoms with Crippen LogP contribution in [-0.4, -0.2) is 10.2 Å². The van der Waals surface area contributed by atoms with Crippen LogP contribution in [0.25, 0.3) is 0 Å². The molecule has 0 unspecified atom stereocenters. The molecule has 54 valence electrons. The summed E-state index contributed by atoms with van der Waals surface area (Å²) < 4.78 is 1.73. The molecule has 0 aromatic carbocycles. The zero-order valence-electron chi connectivity index (χ0n) is 6.00. The summed E-state index contributed by atoms with van der Waals surface area (Å²) in [5.74, 6) is -0.124. The highest BCUT2D eigenvalue weighted by molar-refractivity contribution is 5.36. The summed E-state index contributed by atoms with van der Waals surface area (Å²) >= 11 is 0. The fourth-order valence-electron chi connectivity index (χ4n) is 0.726. The summed E-state index contributed by atoms with van der Waals surface area (Å²) in [7, 11) is 1.80. The molecule has 0 spiro atoms. The highest BCUT2D eigenvalue weighted by Gasteiger charge is 2.10. The van der Waals surface area contributed by atoms with Crippen LogP contribution in [-0.2, 0) is 7.05 Å². The van der Waals surface area contributed by atoms with Crippen LogP contribution in [0, 0.1) is 6.92 Å². The van der Waals surface area contributed by atoms with E-state index >= 15 is 0 Å². The van der Waals surface area contributed by atoms with Gasteiger partial charge >= 0.3 is 0 Å². The standard InChI is InChI=1S/C7H9NO2/c1-5-7(10)6(9)3-4-8(5)2/h3-4,10H,1-2H3/p+1. The molecule has 2 N–H and O–H groups in total. The Bertz CT molecular complexity index is 231. The summed E-state index contributed by atoms with van der Waals surface area (Å²) in [6.07, 6.45) is 1.68. The van der Waals surface area contributed by atoms with E-state index < -0.39 is 0 Å². The smallest absolute Gasteiger partial charge is 0.226 e. The fourth-order valence-corrected chi connectivity index (χ4v) is 0.726. The summed E-state index contributed by atoms with van der Waals surface area (Å²) in [6.45, 7) is 1.73. The molecular formula is C7H10NO2+. The maximum atomic E-state index is 9.12. The van der Waals surface area contributed by atoms with Crippen molar-refractivity contribution >= 4 is 0 Å². The van der Waals surface area contributed by atoms with Gasteiger partial charge < -0.3 is 10.2 Å². The Labute approximate surface area is 59.2 Å². The molecule has 10 heavy (non-hydrogen) atoms. The Hall–Kier alpha value is -1.25. The van der Waals surface area contributed by atoms with Gasteiger partial charge in [0, 0.05) is 13.0 Å². The molecule has 1 heterocycles. The van der Waals surface area contributed by atoms with Gasteiger partial charge in [0.2, 0.25) is 11.4 Å². The molecule has 1 rings (SSSR count). The third-order valence-corrected chi connectivity index (χ3v) is 1.57. The first-order valence-corrected chi connectivity index (χ1v) is 3.00. The maximum Gasteiger partial charge on any atom is 0.226 e. The lowest BCUT2D eigenvalue weighted by Gasteiger charge is -1.97. The van der Waals surface area contributed by atoms with E-state index in [1.165, 1.54) is 6.07 Å². The molecule has 0 fully saturated rings. The molecular weight excluding hydrogens is 130 g/mol. The lowest BCUT2D eigenvalue weighted by molar-refractivity contribution is -0.678. The third-order valence-electron chi connectivity index (χ3n) is 1.57. The van der Waals surface area contributed by atoms with Gasteiger partial charge in [-0.15, -0.1) is 0 Å². The van der Waals surface area contributed by atoms with E-state index in [1.807, 2.05) is 0 Å². The molecule has 0 amide bonds. The van der Waals surface area contributed by atoms with Crippen LogP contribution >= 0.6 is 0 Å². The lowest BCUT2D eigenvalue weighted by Crippen LogP contribution is -2.30. The van der Waals surface area contributed by atoms with E-state index in [4.69, 9.17) is 10.2 Å². The Morgan fingerprint density at radius 3 is 2.50 bits per heavy atom. The van der Waals surface area contributed by atoms with Crippen molar-refractivity contribution in [3.8, 4) is 11.5 Å².